The number of ether oxygens (including phenoxy) is 1. The van der Waals surface area contributed by atoms with Gasteiger partial charge in [-0.2, -0.15) is 0 Å². The van der Waals surface area contributed by atoms with Crippen LogP contribution in [0.1, 0.15) is 6.92 Å². The van der Waals surface area contributed by atoms with E-state index in [0.717, 1.165) is 0 Å². The van der Waals surface area contributed by atoms with Crippen molar-refractivity contribution < 1.29 is 22.7 Å². The number of hydrogen-bond acceptors (Lipinski definition) is 5. The zero-order chi connectivity index (χ0) is 14.9. The van der Waals surface area contributed by atoms with Gasteiger partial charge in [-0.15, -0.1) is 0 Å². The summed E-state index contributed by atoms with van der Waals surface area (Å²) in [6.07, 6.45) is -0.503. The highest BCUT2D eigenvalue weighted by Crippen LogP contribution is 2.16. The molecule has 0 aromatic carbocycles. The highest BCUT2D eigenvalue weighted by atomic mass is 32.2. The Kier molecular flexibility index (Phi) is 4.19. The lowest BCUT2D eigenvalue weighted by atomic mass is 10.1. The summed E-state index contributed by atoms with van der Waals surface area (Å²) in [6.45, 7) is 2.29. The molecule has 20 heavy (non-hydrogen) atoms. The Labute approximate surface area is 117 Å². The van der Waals surface area contributed by atoms with Crippen molar-refractivity contribution in [1.82, 2.24) is 15.5 Å². The lowest BCUT2D eigenvalue weighted by Gasteiger charge is -2.39. The van der Waals surface area contributed by atoms with Gasteiger partial charge in [0.15, 0.2) is 9.84 Å². The molecule has 0 bridgehead atoms. The van der Waals surface area contributed by atoms with Crippen LogP contribution in [0.25, 0.3) is 0 Å². The van der Waals surface area contributed by atoms with Crippen LogP contribution in [0.3, 0.4) is 0 Å². The van der Waals surface area contributed by atoms with E-state index in [2.05, 4.69) is 10.6 Å². The molecule has 2 heterocycles. The van der Waals surface area contributed by atoms with E-state index in [1.165, 1.54) is 18.9 Å². The van der Waals surface area contributed by atoms with Gasteiger partial charge in [0.1, 0.15) is 0 Å². The van der Waals surface area contributed by atoms with Crippen LogP contribution in [0.2, 0.25) is 0 Å². The minimum absolute atomic E-state index is 0.0243. The van der Waals surface area contributed by atoms with Gasteiger partial charge in [-0.25, -0.2) is 13.2 Å². The molecule has 2 atom stereocenters. The molecule has 0 aromatic rings. The molecule has 0 aliphatic carbocycles. The van der Waals surface area contributed by atoms with Crippen molar-refractivity contribution in [2.24, 2.45) is 0 Å². The van der Waals surface area contributed by atoms with Crippen molar-refractivity contribution in [1.29, 1.82) is 0 Å². The number of nitrogens with one attached hydrogen (secondary N) is 2. The third kappa shape index (κ3) is 3.40. The molecule has 0 saturated carbocycles. The largest absolute Gasteiger partial charge is 0.378 e. The minimum Gasteiger partial charge on any atom is -0.378 e. The molecule has 2 N–H and O–H groups in total. The second-order valence-electron chi connectivity index (χ2n) is 5.21. The molecule has 9 heteroatoms. The van der Waals surface area contributed by atoms with Gasteiger partial charge in [-0.3, -0.25) is 4.79 Å². The van der Waals surface area contributed by atoms with E-state index in [-0.39, 0.29) is 29.5 Å². The lowest BCUT2D eigenvalue weighted by Crippen LogP contribution is -2.64. The van der Waals surface area contributed by atoms with E-state index in [4.69, 9.17) is 4.74 Å². The van der Waals surface area contributed by atoms with E-state index < -0.39 is 22.0 Å². The average molecular weight is 305 g/mol. The van der Waals surface area contributed by atoms with Gasteiger partial charge in [0.05, 0.1) is 29.7 Å². The number of hydrogen-bond donors (Lipinski definition) is 2. The average Bonchev–Trinajstić information content (AvgIpc) is 2.57. The van der Waals surface area contributed by atoms with Gasteiger partial charge in [-0.05, 0) is 0 Å². The van der Waals surface area contributed by atoms with Crippen LogP contribution in [0.15, 0.2) is 0 Å². The molecule has 2 aliphatic heterocycles. The van der Waals surface area contributed by atoms with Crippen LogP contribution in [0, 0.1) is 0 Å². The fourth-order valence-electron chi connectivity index (χ4n) is 2.46. The van der Waals surface area contributed by atoms with Crippen LogP contribution in [0.4, 0.5) is 4.79 Å². The predicted octanol–water partition coefficient (Wildman–Crippen LogP) is -1.67. The predicted molar refractivity (Wildman–Crippen MR) is 70.9 cm³/mol. The second kappa shape index (κ2) is 5.57. The van der Waals surface area contributed by atoms with E-state index in [1.807, 2.05) is 0 Å². The molecule has 2 rings (SSSR count). The standard InChI is InChI=1S/C11H19N3O5S/c1-7(15)12-8-3-14(4-8)11(16)13-9-5-20(17,18)6-10(9)19-2/h8-10H,3-6H2,1-2H3,(H,12,15)(H,13,16). The van der Waals surface area contributed by atoms with Gasteiger partial charge in [0.25, 0.3) is 0 Å². The summed E-state index contributed by atoms with van der Waals surface area (Å²) in [5.74, 6) is -0.292. The third-order valence-electron chi connectivity index (χ3n) is 3.49. The topological polar surface area (TPSA) is 105 Å². The summed E-state index contributed by atoms with van der Waals surface area (Å²) in [5.41, 5.74) is 0. The Morgan fingerprint density at radius 3 is 2.40 bits per heavy atom. The van der Waals surface area contributed by atoms with E-state index in [1.54, 1.807) is 0 Å². The molecule has 0 spiro atoms. The first-order valence-corrected chi connectivity index (χ1v) is 8.18. The van der Waals surface area contributed by atoms with Crippen molar-refractivity contribution in [2.75, 3.05) is 31.7 Å². The summed E-state index contributed by atoms with van der Waals surface area (Å²) < 4.78 is 28.1. The number of urea groups is 1. The maximum atomic E-state index is 11.9. The molecular weight excluding hydrogens is 286 g/mol. The van der Waals surface area contributed by atoms with Crippen LogP contribution in [0.5, 0.6) is 0 Å². The van der Waals surface area contributed by atoms with Crippen LogP contribution >= 0.6 is 0 Å². The maximum absolute atomic E-state index is 11.9. The summed E-state index contributed by atoms with van der Waals surface area (Å²) in [4.78, 5) is 24.3. The lowest BCUT2D eigenvalue weighted by molar-refractivity contribution is -0.120. The third-order valence-corrected chi connectivity index (χ3v) is 5.19. The smallest absolute Gasteiger partial charge is 0.317 e. The summed E-state index contributed by atoms with van der Waals surface area (Å²) in [7, 11) is -1.73. The Hall–Kier alpha value is -1.35. The fourth-order valence-corrected chi connectivity index (χ4v) is 4.31. The van der Waals surface area contributed by atoms with E-state index in [0.29, 0.717) is 13.1 Å². The van der Waals surface area contributed by atoms with Crippen LogP contribution in [-0.4, -0.2) is 75.1 Å². The van der Waals surface area contributed by atoms with Gasteiger partial charge in [-0.1, -0.05) is 0 Å². The number of methoxy groups -OCH3 is 1. The SMILES string of the molecule is COC1CS(=O)(=O)CC1NC(=O)N1CC(NC(C)=O)C1. The first kappa shape index (κ1) is 15.0. The number of sulfone groups is 1. The molecule has 114 valence electrons. The van der Waals surface area contributed by atoms with Crippen molar-refractivity contribution in [3.8, 4) is 0 Å². The normalized spacial score (nSPS) is 28.8. The number of carbonyl (C=O) groups excluding carboxylic acids is 2. The highest BCUT2D eigenvalue weighted by molar-refractivity contribution is 7.91. The van der Waals surface area contributed by atoms with Crippen molar-refractivity contribution in [3.05, 3.63) is 0 Å². The summed E-state index contributed by atoms with van der Waals surface area (Å²) in [6, 6.07) is -0.864. The monoisotopic (exact) mass is 305 g/mol. The minimum atomic E-state index is -3.16. The van der Waals surface area contributed by atoms with Crippen molar-refractivity contribution >= 4 is 21.8 Å². The number of amides is 3. The first-order chi connectivity index (χ1) is 9.30. The van der Waals surface area contributed by atoms with Crippen LogP contribution in [-0.2, 0) is 19.4 Å². The molecule has 2 aliphatic rings. The number of likely N-dealkylation sites (tertiary alicyclic amines) is 1. The quantitative estimate of drug-likeness (QED) is 0.648. The molecule has 3 amide bonds. The van der Waals surface area contributed by atoms with Gasteiger partial charge >= 0.3 is 6.03 Å². The Bertz CT molecular complexity index is 500. The maximum Gasteiger partial charge on any atom is 0.317 e. The molecular formula is C11H19N3O5S. The Morgan fingerprint density at radius 2 is 1.85 bits per heavy atom. The summed E-state index contributed by atoms with van der Waals surface area (Å²) >= 11 is 0. The second-order valence-corrected chi connectivity index (χ2v) is 7.36. The molecule has 2 saturated heterocycles. The van der Waals surface area contributed by atoms with E-state index >= 15 is 0 Å². The Balaban J connectivity index is 1.82. The molecule has 0 radical (unpaired) electrons. The molecule has 2 unspecified atom stereocenters. The van der Waals surface area contributed by atoms with Crippen molar-refractivity contribution in [3.63, 3.8) is 0 Å². The van der Waals surface area contributed by atoms with Crippen LogP contribution < -0.4 is 10.6 Å². The molecule has 0 aromatic heterocycles. The number of nitrogens with zero attached hydrogens (tertiary/aromatic N) is 1. The fraction of sp³-hybridized carbons (Fsp3) is 0.818. The van der Waals surface area contributed by atoms with E-state index in [9.17, 15) is 18.0 Å². The first-order valence-electron chi connectivity index (χ1n) is 6.36. The summed E-state index contributed by atoms with van der Waals surface area (Å²) in [5, 5.41) is 5.39. The molecule has 8 nitrogen and oxygen atoms in total. The number of rotatable bonds is 3. The zero-order valence-corrected chi connectivity index (χ0v) is 12.3. The highest BCUT2D eigenvalue weighted by Gasteiger charge is 2.40. The van der Waals surface area contributed by atoms with Gasteiger partial charge in [0.2, 0.25) is 5.91 Å². The Morgan fingerprint density at radius 1 is 1.20 bits per heavy atom. The van der Waals surface area contributed by atoms with Crippen molar-refractivity contribution in [2.45, 2.75) is 25.1 Å². The molecule has 2 fully saturated rings. The van der Waals surface area contributed by atoms with Gasteiger partial charge < -0.3 is 20.3 Å². The number of carbonyl (C=O) groups is 2. The van der Waals surface area contributed by atoms with Gasteiger partial charge in [0, 0.05) is 27.1 Å². The zero-order valence-electron chi connectivity index (χ0n) is 11.5.